The van der Waals surface area contributed by atoms with Crippen LogP contribution in [-0.2, 0) is 33.2 Å². The van der Waals surface area contributed by atoms with Gasteiger partial charge in [-0.25, -0.2) is 0 Å². The summed E-state index contributed by atoms with van der Waals surface area (Å²) < 4.78 is 34.4. The molecule has 3 aliphatic rings. The minimum absolute atomic E-state index is 0.235. The van der Waals surface area contributed by atoms with E-state index in [9.17, 15) is 61.0 Å². The van der Waals surface area contributed by atoms with Gasteiger partial charge in [0.2, 0.25) is 5.91 Å². The van der Waals surface area contributed by atoms with E-state index in [4.69, 9.17) is 28.4 Å². The molecule has 3 heterocycles. The van der Waals surface area contributed by atoms with Crippen molar-refractivity contribution in [3.8, 4) is 0 Å². The average molecular weight is 1310 g/mol. The lowest BCUT2D eigenvalue weighted by Gasteiger charge is -2.48. The first-order chi connectivity index (χ1) is 44.8. The summed E-state index contributed by atoms with van der Waals surface area (Å²) in [6.45, 7) is 1.73. The first kappa shape index (κ1) is 84.0. The molecule has 0 aliphatic carbocycles. The van der Waals surface area contributed by atoms with Gasteiger partial charge in [-0.2, -0.15) is 0 Å². The average Bonchev–Trinajstić information content (AvgIpc) is 0.837. The van der Waals surface area contributed by atoms with Gasteiger partial charge in [0.25, 0.3) is 0 Å². The molecule has 3 saturated heterocycles. The van der Waals surface area contributed by atoms with Crippen LogP contribution in [0.15, 0.2) is 48.6 Å². The minimum atomic E-state index is -1.98. The van der Waals surface area contributed by atoms with E-state index in [0.29, 0.717) is 12.8 Å². The third-order valence-electron chi connectivity index (χ3n) is 18.3. The monoisotopic (exact) mass is 1310 g/mol. The van der Waals surface area contributed by atoms with Crippen LogP contribution in [0.4, 0.5) is 0 Å². The number of ether oxygens (including phenoxy) is 6. The van der Waals surface area contributed by atoms with Crippen LogP contribution in [-0.4, -0.2) is 193 Å². The van der Waals surface area contributed by atoms with Gasteiger partial charge in [0.1, 0.15) is 73.2 Å². The zero-order valence-electron chi connectivity index (χ0n) is 57.0. The summed E-state index contributed by atoms with van der Waals surface area (Å²) in [7, 11) is 0. The van der Waals surface area contributed by atoms with Crippen molar-refractivity contribution in [3.05, 3.63) is 48.6 Å². The van der Waals surface area contributed by atoms with Gasteiger partial charge >= 0.3 is 0 Å². The molecule has 17 unspecified atom stereocenters. The number of rotatable bonds is 57. The van der Waals surface area contributed by atoms with E-state index in [1.807, 2.05) is 6.08 Å². The summed E-state index contributed by atoms with van der Waals surface area (Å²) in [6, 6.07) is -0.992. The Morgan fingerprint density at radius 3 is 1.15 bits per heavy atom. The van der Waals surface area contributed by atoms with E-state index in [2.05, 4.69) is 55.6 Å². The summed E-state index contributed by atoms with van der Waals surface area (Å²) in [4.78, 5) is 13.4. The Kier molecular flexibility index (Phi) is 50.0. The molecule has 1 amide bonds. The molecule has 0 aromatic rings. The molecule has 0 aromatic carbocycles. The van der Waals surface area contributed by atoms with Crippen molar-refractivity contribution in [1.29, 1.82) is 0 Å². The van der Waals surface area contributed by atoms with E-state index >= 15 is 0 Å². The van der Waals surface area contributed by atoms with Crippen molar-refractivity contribution < 1.29 is 89.4 Å². The molecule has 0 spiro atoms. The Hall–Kier alpha value is -2.25. The van der Waals surface area contributed by atoms with Crippen LogP contribution in [0.2, 0.25) is 0 Å². The van der Waals surface area contributed by atoms with Gasteiger partial charge in [-0.05, 0) is 64.2 Å². The van der Waals surface area contributed by atoms with Crippen LogP contribution in [0.5, 0.6) is 0 Å². The fraction of sp³-hybridized carbons (Fsp3) is 0.877. The number of carbonyl (C=O) groups is 1. The van der Waals surface area contributed by atoms with E-state index in [1.54, 1.807) is 6.08 Å². The van der Waals surface area contributed by atoms with Crippen LogP contribution < -0.4 is 5.32 Å². The van der Waals surface area contributed by atoms with Gasteiger partial charge in [-0.15, -0.1) is 0 Å². The van der Waals surface area contributed by atoms with E-state index in [0.717, 1.165) is 44.9 Å². The normalized spacial score (nSPS) is 27.9. The molecule has 0 saturated carbocycles. The van der Waals surface area contributed by atoms with Crippen LogP contribution in [0.1, 0.15) is 277 Å². The first-order valence-corrected chi connectivity index (χ1v) is 36.9. The van der Waals surface area contributed by atoms with Gasteiger partial charge in [0.15, 0.2) is 18.9 Å². The molecule has 0 bridgehead atoms. The highest BCUT2D eigenvalue weighted by Gasteiger charge is 2.53. The van der Waals surface area contributed by atoms with E-state index in [1.165, 1.54) is 199 Å². The topological polar surface area (TPSA) is 307 Å². The van der Waals surface area contributed by atoms with Crippen LogP contribution in [0.3, 0.4) is 0 Å². The van der Waals surface area contributed by atoms with Crippen LogP contribution in [0, 0.1) is 0 Å². The third-order valence-corrected chi connectivity index (χ3v) is 18.3. The van der Waals surface area contributed by atoms with E-state index in [-0.39, 0.29) is 18.9 Å². The Bertz CT molecular complexity index is 1860. The fourth-order valence-corrected chi connectivity index (χ4v) is 12.4. The van der Waals surface area contributed by atoms with Gasteiger partial charge < -0.3 is 89.9 Å². The molecule has 3 rings (SSSR count). The number of allylic oxidation sites excluding steroid dienone is 7. The SMILES string of the molecule is CCCCCCC/C=C\C/C=C\CCCCCCCCCCCCCCCC(=O)NC(COC1OC(CO)C(OC2OC(CO)C(OC3OC(CO)C(O)C(O)C3O)C(O)C2O)C(O)C1O)C(O)/C=C/CC/C=C/CCCCCCCCCCCCCCCCCC. The van der Waals surface area contributed by atoms with Gasteiger partial charge in [-0.3, -0.25) is 4.79 Å². The Morgan fingerprint density at radius 2 is 0.728 bits per heavy atom. The van der Waals surface area contributed by atoms with Crippen molar-refractivity contribution in [2.24, 2.45) is 0 Å². The molecule has 19 nitrogen and oxygen atoms in total. The number of hydrogen-bond donors (Lipinski definition) is 12. The molecule has 0 radical (unpaired) electrons. The Morgan fingerprint density at radius 1 is 0.391 bits per heavy atom. The summed E-state index contributed by atoms with van der Waals surface area (Å²) in [5.41, 5.74) is 0. The molecule has 538 valence electrons. The summed E-state index contributed by atoms with van der Waals surface area (Å²) in [6.07, 6.45) is 39.4. The van der Waals surface area contributed by atoms with Crippen molar-refractivity contribution in [2.45, 2.75) is 381 Å². The second-order valence-corrected chi connectivity index (χ2v) is 26.4. The predicted octanol–water partition coefficient (Wildman–Crippen LogP) is 10.6. The van der Waals surface area contributed by atoms with Crippen LogP contribution >= 0.6 is 0 Å². The molecule has 3 aliphatic heterocycles. The number of aliphatic hydroxyl groups excluding tert-OH is 11. The molecule has 19 heteroatoms. The highest BCUT2D eigenvalue weighted by atomic mass is 16.8. The molecule has 17 atom stereocenters. The lowest BCUT2D eigenvalue weighted by Crippen LogP contribution is -2.66. The maximum atomic E-state index is 13.4. The van der Waals surface area contributed by atoms with Gasteiger partial charge in [0.05, 0.1) is 38.6 Å². The maximum Gasteiger partial charge on any atom is 0.220 e. The molecule has 92 heavy (non-hydrogen) atoms. The first-order valence-electron chi connectivity index (χ1n) is 36.9. The smallest absolute Gasteiger partial charge is 0.220 e. The highest BCUT2D eigenvalue weighted by molar-refractivity contribution is 5.76. The standard InChI is InChI=1S/C73H133NO18/c1-3-5-7-9-11-13-15-17-19-21-23-25-27-28-29-31-33-35-37-39-41-43-45-47-49-51-61(79)74-56(57(78)50-48-46-44-42-40-38-36-34-32-30-26-24-22-20-18-16-14-12-10-8-6-4-2)55-87-71-67(85)64(82)69(59(53-76)89-71)92-73-68(86)65(83)70(60(54-77)90-73)91-72-66(84)63(81)62(80)58(52-75)88-72/h15,17,21,23,40,42,48,50,56-60,62-73,75-78,80-86H,3-14,16,18-20,22,24-39,41,43-47,49,51-55H2,1-2H3,(H,74,79)/b17-15-,23-21-,42-40+,50-48+. The number of unbranched alkanes of at least 4 members (excludes halogenated alkanes) is 35. The molecular weight excluding hydrogens is 1180 g/mol. The molecule has 12 N–H and O–H groups in total. The zero-order valence-corrected chi connectivity index (χ0v) is 57.0. The Balaban J connectivity index is 1.43. The predicted molar refractivity (Wildman–Crippen MR) is 360 cm³/mol. The number of nitrogens with one attached hydrogen (secondary N) is 1. The zero-order chi connectivity index (χ0) is 66.8. The largest absolute Gasteiger partial charge is 0.394 e. The van der Waals surface area contributed by atoms with Gasteiger partial charge in [-0.1, -0.05) is 255 Å². The molecule has 3 fully saturated rings. The highest BCUT2D eigenvalue weighted by Crippen LogP contribution is 2.33. The number of amides is 1. The summed E-state index contributed by atoms with van der Waals surface area (Å²) in [5.74, 6) is -0.284. The summed E-state index contributed by atoms with van der Waals surface area (Å²) >= 11 is 0. The fourth-order valence-electron chi connectivity index (χ4n) is 12.4. The van der Waals surface area contributed by atoms with Crippen molar-refractivity contribution in [2.75, 3.05) is 26.4 Å². The Labute approximate surface area is 554 Å². The van der Waals surface area contributed by atoms with Crippen molar-refractivity contribution in [3.63, 3.8) is 0 Å². The lowest BCUT2D eigenvalue weighted by atomic mass is 9.96. The van der Waals surface area contributed by atoms with Crippen molar-refractivity contribution in [1.82, 2.24) is 5.32 Å². The van der Waals surface area contributed by atoms with Crippen LogP contribution in [0.25, 0.3) is 0 Å². The second kappa shape index (κ2) is 54.7. The minimum Gasteiger partial charge on any atom is -0.394 e. The third kappa shape index (κ3) is 35.8. The number of carbonyl (C=O) groups excluding carboxylic acids is 1. The van der Waals surface area contributed by atoms with Crippen molar-refractivity contribution >= 4 is 5.91 Å². The molecule has 0 aromatic heterocycles. The lowest BCUT2D eigenvalue weighted by molar-refractivity contribution is -0.379. The number of hydrogen-bond acceptors (Lipinski definition) is 18. The quantitative estimate of drug-likeness (QED) is 0.0199. The number of aliphatic hydroxyl groups is 11. The molecular formula is C73H133NO18. The van der Waals surface area contributed by atoms with Gasteiger partial charge in [0, 0.05) is 6.42 Å². The summed E-state index contributed by atoms with van der Waals surface area (Å²) in [5, 5.41) is 121. The maximum absolute atomic E-state index is 13.4. The second-order valence-electron chi connectivity index (χ2n) is 26.4. The van der Waals surface area contributed by atoms with E-state index < -0.39 is 124 Å².